The topological polar surface area (TPSA) is 169 Å². The van der Waals surface area contributed by atoms with Crippen LogP contribution in [0, 0.1) is 0 Å². The number of benzene rings is 1. The van der Waals surface area contributed by atoms with Crippen molar-refractivity contribution in [2.75, 3.05) is 6.79 Å². The van der Waals surface area contributed by atoms with Crippen molar-refractivity contribution in [1.82, 2.24) is 15.1 Å². The molecule has 0 saturated carbocycles. The number of ether oxygens (including phenoxy) is 2. The number of β-lactam (4-membered cyclic amide) rings is 2. The largest absolute Gasteiger partial charge is 0.426 e. The molecule has 6 unspecified atom stereocenters. The fourth-order valence-electron chi connectivity index (χ4n) is 5.85. The van der Waals surface area contributed by atoms with Crippen molar-refractivity contribution in [3.8, 4) is 0 Å². The van der Waals surface area contributed by atoms with Crippen molar-refractivity contribution < 1.29 is 41.9 Å². The summed E-state index contributed by atoms with van der Waals surface area (Å²) in [5.74, 6) is -3.29. The van der Waals surface area contributed by atoms with E-state index in [-0.39, 0.29) is 6.42 Å². The van der Waals surface area contributed by atoms with E-state index >= 15 is 0 Å². The lowest BCUT2D eigenvalue weighted by molar-refractivity contribution is -0.181. The third kappa shape index (κ3) is 4.31. The predicted octanol–water partition coefficient (Wildman–Crippen LogP) is 0.153. The summed E-state index contributed by atoms with van der Waals surface area (Å²) in [5, 5.41) is 1.10. The van der Waals surface area contributed by atoms with Gasteiger partial charge in [0.2, 0.25) is 24.5 Å². The number of carbonyl (C=O) groups is 5. The Labute approximate surface area is 240 Å². The van der Waals surface area contributed by atoms with Crippen molar-refractivity contribution in [2.45, 2.75) is 78.5 Å². The smallest absolute Gasteiger partial charge is 0.333 e. The lowest BCUT2D eigenvalue weighted by Gasteiger charge is -2.44. The Bertz CT molecular complexity index is 1450. The minimum atomic E-state index is -3.80. The summed E-state index contributed by atoms with van der Waals surface area (Å²) >= 11 is 1.32. The Morgan fingerprint density at radius 1 is 1.07 bits per heavy atom. The van der Waals surface area contributed by atoms with Gasteiger partial charge in [0.15, 0.2) is 15.9 Å². The fourth-order valence-corrected chi connectivity index (χ4v) is 9.59. The number of thioether (sulfide) groups is 1. The van der Waals surface area contributed by atoms with Gasteiger partial charge in [-0.2, -0.15) is 0 Å². The number of rotatable bonds is 8. The second-order valence-electron chi connectivity index (χ2n) is 11.3. The van der Waals surface area contributed by atoms with Crippen LogP contribution in [-0.2, 0) is 43.3 Å². The quantitative estimate of drug-likeness (QED) is 0.186. The van der Waals surface area contributed by atoms with E-state index in [1.807, 2.05) is 0 Å². The van der Waals surface area contributed by atoms with Gasteiger partial charge in [0, 0.05) is 4.75 Å². The van der Waals surface area contributed by atoms with E-state index in [0.29, 0.717) is 5.56 Å². The average molecular weight is 607 g/mol. The lowest BCUT2D eigenvalue weighted by Crippen LogP contribution is -2.71. The molecule has 0 bridgehead atoms. The molecule has 4 saturated heterocycles. The third-order valence-corrected chi connectivity index (χ3v) is 12.5. The number of esters is 2. The number of nitrogens with one attached hydrogen (secondary N) is 1. The van der Waals surface area contributed by atoms with Crippen molar-refractivity contribution in [3.63, 3.8) is 0 Å². The average Bonchev–Trinajstić information content (AvgIpc) is 3.23. The first-order chi connectivity index (χ1) is 19.1. The Hall–Kier alpha value is -3.46. The molecule has 13 nitrogen and oxygen atoms in total. The predicted molar refractivity (Wildman–Crippen MR) is 146 cm³/mol. The van der Waals surface area contributed by atoms with Crippen LogP contribution in [0.1, 0.15) is 45.7 Å². The van der Waals surface area contributed by atoms with E-state index in [0.717, 1.165) is 4.90 Å². The summed E-state index contributed by atoms with van der Waals surface area (Å²) in [4.78, 5) is 70.2. The molecule has 15 heteroatoms. The van der Waals surface area contributed by atoms with Crippen LogP contribution in [0.4, 0.5) is 0 Å². The van der Waals surface area contributed by atoms with Gasteiger partial charge in [0.1, 0.15) is 28.9 Å². The van der Waals surface area contributed by atoms with Gasteiger partial charge in [0.05, 0.1) is 11.2 Å². The molecule has 4 fully saturated rings. The Kier molecular flexibility index (Phi) is 6.96. The number of hydrogen-bond acceptors (Lipinski definition) is 11. The van der Waals surface area contributed by atoms with E-state index in [1.165, 1.54) is 30.5 Å². The second-order valence-corrected chi connectivity index (χ2v) is 15.8. The molecule has 3 amide bonds. The van der Waals surface area contributed by atoms with Crippen molar-refractivity contribution in [1.29, 1.82) is 0 Å². The summed E-state index contributed by atoms with van der Waals surface area (Å²) in [7, 11) is -3.80. The first-order valence-corrected chi connectivity index (χ1v) is 15.3. The van der Waals surface area contributed by atoms with Gasteiger partial charge in [-0.1, -0.05) is 30.3 Å². The van der Waals surface area contributed by atoms with Gasteiger partial charge in [-0.25, -0.2) is 18.0 Å². The van der Waals surface area contributed by atoms with Crippen LogP contribution < -0.4 is 5.32 Å². The fraction of sp³-hybridized carbons (Fsp3) is 0.538. The Morgan fingerprint density at radius 2 is 1.68 bits per heavy atom. The molecule has 4 aliphatic rings. The zero-order chi connectivity index (χ0) is 30.1. The number of nitrogens with zero attached hydrogens (tertiary/aromatic N) is 3. The van der Waals surface area contributed by atoms with Gasteiger partial charge in [-0.3, -0.25) is 19.4 Å². The number of hydrogen-bond donors (Lipinski definition) is 1. The maximum atomic E-state index is 13.1. The summed E-state index contributed by atoms with van der Waals surface area (Å²) in [6, 6.07) is 4.58. The number of carbonyl (C=O) groups excluding carboxylic acids is 5. The van der Waals surface area contributed by atoms with E-state index in [2.05, 4.69) is 17.0 Å². The van der Waals surface area contributed by atoms with Crippen LogP contribution in [0.25, 0.3) is 0 Å². The molecule has 4 heterocycles. The van der Waals surface area contributed by atoms with Crippen LogP contribution in [0.2, 0.25) is 0 Å². The first-order valence-electron chi connectivity index (χ1n) is 12.8. The number of sulfone groups is 1. The maximum Gasteiger partial charge on any atom is 0.333 e. The van der Waals surface area contributed by atoms with E-state index in [1.54, 1.807) is 44.2 Å². The molecule has 4 aliphatic heterocycles. The molecular weight excluding hydrogens is 576 g/mol. The maximum absolute atomic E-state index is 13.1. The molecule has 220 valence electrons. The molecule has 1 aromatic rings. The summed E-state index contributed by atoms with van der Waals surface area (Å²) in [6.45, 7) is 8.86. The van der Waals surface area contributed by atoms with Crippen LogP contribution in [0.15, 0.2) is 35.3 Å². The van der Waals surface area contributed by atoms with Gasteiger partial charge in [-0.15, -0.1) is 11.8 Å². The summed E-state index contributed by atoms with van der Waals surface area (Å²) in [6.07, 6.45) is -0.192. The van der Waals surface area contributed by atoms with Crippen LogP contribution in [0.5, 0.6) is 0 Å². The van der Waals surface area contributed by atoms with Crippen LogP contribution >= 0.6 is 11.8 Å². The van der Waals surface area contributed by atoms with Gasteiger partial charge in [-0.05, 0) is 40.0 Å². The van der Waals surface area contributed by atoms with E-state index in [4.69, 9.17) is 9.47 Å². The molecule has 0 aliphatic carbocycles. The monoisotopic (exact) mass is 606 g/mol. The van der Waals surface area contributed by atoms with Crippen molar-refractivity contribution >= 4 is 58.0 Å². The normalized spacial score (nSPS) is 30.7. The molecule has 1 aromatic carbocycles. The van der Waals surface area contributed by atoms with Crippen LogP contribution in [-0.4, -0.2) is 99.8 Å². The molecule has 1 N–H and O–H groups in total. The van der Waals surface area contributed by atoms with Crippen molar-refractivity contribution in [2.24, 2.45) is 4.99 Å². The van der Waals surface area contributed by atoms with E-state index < -0.39 is 90.7 Å². The Balaban J connectivity index is 1.20. The highest BCUT2D eigenvalue weighted by atomic mass is 32.2. The summed E-state index contributed by atoms with van der Waals surface area (Å²) in [5.41, 5.74) is 0.617. The highest BCUT2D eigenvalue weighted by Crippen LogP contribution is 2.51. The third-order valence-electron chi connectivity index (χ3n) is 8.11. The minimum Gasteiger partial charge on any atom is -0.426 e. The molecule has 0 radical (unpaired) electrons. The molecule has 0 aromatic heterocycles. The zero-order valence-electron chi connectivity index (χ0n) is 22.8. The highest BCUT2D eigenvalue weighted by Gasteiger charge is 2.68. The number of aliphatic imine (C=N–C) groups is 1. The highest BCUT2D eigenvalue weighted by molar-refractivity contribution is 8.01. The Morgan fingerprint density at radius 3 is 2.27 bits per heavy atom. The minimum absolute atomic E-state index is 0.192. The van der Waals surface area contributed by atoms with E-state index in [9.17, 15) is 32.4 Å². The van der Waals surface area contributed by atoms with Gasteiger partial charge in [0.25, 0.3) is 0 Å². The van der Waals surface area contributed by atoms with Gasteiger partial charge < -0.3 is 24.6 Å². The molecule has 41 heavy (non-hydrogen) atoms. The lowest BCUT2D eigenvalue weighted by atomic mass is 9.95. The molecule has 6 atom stereocenters. The number of fused-ring (bicyclic) bond motifs is 2. The van der Waals surface area contributed by atoms with Crippen LogP contribution in [0.3, 0.4) is 0 Å². The standard InChI is InChI=1S/C26H30N4O9S2/c1-25(2)18(23(34)38-12-39-24(35)19-26(3,4)41(36,37)15-11-14(31)29(15)19)30-21(33)17(22(30)40-25)28-20(32)16(27-5)13-9-7-6-8-10-13/h6-10,15-19,22H,5,11-12H2,1-4H3,(H,28,32). The number of amides is 3. The summed E-state index contributed by atoms with van der Waals surface area (Å²) < 4.78 is 33.4. The van der Waals surface area contributed by atoms with Gasteiger partial charge >= 0.3 is 11.9 Å². The molecule has 0 spiro atoms. The van der Waals surface area contributed by atoms with Crippen molar-refractivity contribution in [3.05, 3.63) is 35.9 Å². The SMILES string of the molecule is C=NC(C(=O)NC1C(=O)N2C1SC(C)(C)C2C(=O)OCOC(=O)C1N2C(=O)CC2S(=O)(=O)C1(C)C)c1ccccc1. The molecule has 5 rings (SSSR count). The molecular formula is C26H30N4O9S2. The second kappa shape index (κ2) is 9.82. The zero-order valence-corrected chi connectivity index (χ0v) is 24.4. The first kappa shape index (κ1) is 29.0.